The normalized spacial score (nSPS) is 23.4. The Kier molecular flexibility index (Phi) is 5.26. The number of amides is 1. The molecular weight excluding hydrogens is 382 g/mol. The van der Waals surface area contributed by atoms with Crippen molar-refractivity contribution >= 4 is 28.1 Å². The lowest BCUT2D eigenvalue weighted by Crippen LogP contribution is -2.47. The average molecular weight is 404 g/mol. The summed E-state index contributed by atoms with van der Waals surface area (Å²) < 4.78 is 0.969. The van der Waals surface area contributed by atoms with Gasteiger partial charge in [-0.1, -0.05) is 22.0 Å². The van der Waals surface area contributed by atoms with E-state index in [9.17, 15) is 9.59 Å². The second-order valence-electron chi connectivity index (χ2n) is 7.36. The van der Waals surface area contributed by atoms with E-state index < -0.39 is 0 Å². The molecule has 2 saturated carbocycles. The molecule has 6 heteroatoms. The van der Waals surface area contributed by atoms with Crippen molar-refractivity contribution < 1.29 is 9.59 Å². The summed E-state index contributed by atoms with van der Waals surface area (Å²) >= 11 is 3.49. The van der Waals surface area contributed by atoms with Gasteiger partial charge in [0.15, 0.2) is 0 Å². The van der Waals surface area contributed by atoms with Crippen LogP contribution in [0.4, 0.5) is 0 Å². The van der Waals surface area contributed by atoms with Crippen LogP contribution in [0, 0.1) is 17.2 Å². The summed E-state index contributed by atoms with van der Waals surface area (Å²) in [6.07, 6.45) is 4.50. The predicted octanol–water partition coefficient (Wildman–Crippen LogP) is 2.64. The van der Waals surface area contributed by atoms with Crippen molar-refractivity contribution in [3.05, 3.63) is 33.8 Å². The Morgan fingerprint density at radius 3 is 2.80 bits per heavy atom. The predicted molar refractivity (Wildman–Crippen MR) is 98.2 cm³/mol. The molecule has 2 fully saturated rings. The SMILES string of the molecule is CN(CC(=O)NC1CC(C#N)C1)CC1(c2cc(Br)ccc2C=O)CC1. The van der Waals surface area contributed by atoms with Crippen molar-refractivity contribution in [1.29, 1.82) is 5.26 Å². The van der Waals surface area contributed by atoms with Crippen LogP contribution in [0.1, 0.15) is 41.6 Å². The number of carbonyl (C=O) groups excluding carboxylic acids is 2. The molecule has 0 saturated heterocycles. The minimum atomic E-state index is -0.0303. The third kappa shape index (κ3) is 4.10. The number of nitrogens with zero attached hydrogens (tertiary/aromatic N) is 2. The fourth-order valence-corrected chi connectivity index (χ4v) is 4.05. The van der Waals surface area contributed by atoms with Crippen molar-refractivity contribution in [1.82, 2.24) is 10.2 Å². The fourth-order valence-electron chi connectivity index (χ4n) is 3.69. The largest absolute Gasteiger partial charge is 0.352 e. The van der Waals surface area contributed by atoms with E-state index in [4.69, 9.17) is 5.26 Å². The van der Waals surface area contributed by atoms with Crippen LogP contribution in [0.5, 0.6) is 0 Å². The van der Waals surface area contributed by atoms with E-state index in [-0.39, 0.29) is 23.3 Å². The highest BCUT2D eigenvalue weighted by molar-refractivity contribution is 9.10. The maximum atomic E-state index is 12.2. The van der Waals surface area contributed by atoms with Gasteiger partial charge in [0.05, 0.1) is 18.5 Å². The molecule has 132 valence electrons. The number of hydrogen-bond donors (Lipinski definition) is 1. The van der Waals surface area contributed by atoms with E-state index in [1.807, 2.05) is 30.1 Å². The van der Waals surface area contributed by atoms with Crippen molar-refractivity contribution in [2.45, 2.75) is 37.1 Å². The van der Waals surface area contributed by atoms with Gasteiger partial charge in [-0.3, -0.25) is 14.5 Å². The smallest absolute Gasteiger partial charge is 0.234 e. The Morgan fingerprint density at radius 2 is 2.20 bits per heavy atom. The molecule has 2 aliphatic carbocycles. The van der Waals surface area contributed by atoms with Gasteiger partial charge in [0.1, 0.15) is 6.29 Å². The standard InChI is InChI=1S/C19H22BrN3O2/c1-23(10-18(25)22-16-6-13(7-16)9-21)12-19(4-5-19)17-8-15(20)3-2-14(17)11-24/h2-3,8,11,13,16H,4-7,10,12H2,1H3,(H,22,25). The summed E-state index contributed by atoms with van der Waals surface area (Å²) in [6.45, 7) is 1.09. The van der Waals surface area contributed by atoms with E-state index in [0.717, 1.165) is 54.1 Å². The number of halogens is 1. The zero-order valence-electron chi connectivity index (χ0n) is 14.3. The highest BCUT2D eigenvalue weighted by atomic mass is 79.9. The summed E-state index contributed by atoms with van der Waals surface area (Å²) in [6, 6.07) is 8.13. The molecule has 2 aliphatic rings. The van der Waals surface area contributed by atoms with Crippen LogP contribution in [-0.4, -0.2) is 43.3 Å². The van der Waals surface area contributed by atoms with Crippen LogP contribution < -0.4 is 5.32 Å². The van der Waals surface area contributed by atoms with Crippen molar-refractivity contribution in [3.8, 4) is 6.07 Å². The molecule has 0 aliphatic heterocycles. The maximum Gasteiger partial charge on any atom is 0.234 e. The molecule has 0 aromatic heterocycles. The molecule has 25 heavy (non-hydrogen) atoms. The van der Waals surface area contributed by atoms with Gasteiger partial charge in [-0.2, -0.15) is 5.26 Å². The molecule has 0 spiro atoms. The van der Waals surface area contributed by atoms with Gasteiger partial charge < -0.3 is 5.32 Å². The quantitative estimate of drug-likeness (QED) is 0.710. The van der Waals surface area contributed by atoms with Gasteiger partial charge in [0, 0.05) is 28.0 Å². The van der Waals surface area contributed by atoms with Crippen LogP contribution in [0.25, 0.3) is 0 Å². The number of rotatable bonds is 7. The lowest BCUT2D eigenvalue weighted by molar-refractivity contribution is -0.123. The van der Waals surface area contributed by atoms with Crippen LogP contribution in [0.2, 0.25) is 0 Å². The lowest BCUT2D eigenvalue weighted by atomic mass is 9.81. The Morgan fingerprint density at radius 1 is 1.48 bits per heavy atom. The number of nitriles is 1. The van der Waals surface area contributed by atoms with Gasteiger partial charge >= 0.3 is 0 Å². The van der Waals surface area contributed by atoms with Crippen LogP contribution in [0.3, 0.4) is 0 Å². The van der Waals surface area contributed by atoms with E-state index in [1.165, 1.54) is 0 Å². The summed E-state index contributed by atoms with van der Waals surface area (Å²) in [5.41, 5.74) is 1.77. The zero-order valence-corrected chi connectivity index (χ0v) is 15.9. The summed E-state index contributed by atoms with van der Waals surface area (Å²) in [4.78, 5) is 25.6. The molecule has 1 aromatic rings. The number of hydrogen-bond acceptors (Lipinski definition) is 4. The molecule has 0 unspecified atom stereocenters. The van der Waals surface area contributed by atoms with Gasteiger partial charge in [-0.15, -0.1) is 0 Å². The number of likely N-dealkylation sites (N-methyl/N-ethyl adjacent to an activating group) is 1. The minimum Gasteiger partial charge on any atom is -0.352 e. The zero-order chi connectivity index (χ0) is 18.0. The molecule has 0 heterocycles. The molecular formula is C19H22BrN3O2. The Bertz CT molecular complexity index is 718. The summed E-state index contributed by atoms with van der Waals surface area (Å²) in [5, 5.41) is 11.8. The van der Waals surface area contributed by atoms with Crippen molar-refractivity contribution in [2.75, 3.05) is 20.1 Å². The Balaban J connectivity index is 1.57. The Hall–Kier alpha value is -1.71. The molecule has 1 N–H and O–H groups in total. The molecule has 1 amide bonds. The first-order valence-corrected chi connectivity index (χ1v) is 9.38. The first kappa shape index (κ1) is 18.1. The van der Waals surface area contributed by atoms with Gasteiger partial charge in [-0.25, -0.2) is 0 Å². The van der Waals surface area contributed by atoms with Gasteiger partial charge in [0.2, 0.25) is 5.91 Å². The molecule has 5 nitrogen and oxygen atoms in total. The second kappa shape index (κ2) is 7.27. The van der Waals surface area contributed by atoms with Gasteiger partial charge in [-0.05, 0) is 50.4 Å². The third-order valence-electron chi connectivity index (χ3n) is 5.24. The van der Waals surface area contributed by atoms with E-state index in [1.54, 1.807) is 0 Å². The Labute approximate surface area is 156 Å². The van der Waals surface area contributed by atoms with Crippen LogP contribution in [0.15, 0.2) is 22.7 Å². The summed E-state index contributed by atoms with van der Waals surface area (Å²) in [5.74, 6) is 0.0978. The number of aldehydes is 1. The van der Waals surface area contributed by atoms with E-state index >= 15 is 0 Å². The molecule has 0 radical (unpaired) electrons. The van der Waals surface area contributed by atoms with E-state index in [2.05, 4.69) is 27.3 Å². The maximum absolute atomic E-state index is 12.2. The third-order valence-corrected chi connectivity index (χ3v) is 5.73. The van der Waals surface area contributed by atoms with Gasteiger partial charge in [0.25, 0.3) is 0 Å². The summed E-state index contributed by atoms with van der Waals surface area (Å²) in [7, 11) is 1.94. The highest BCUT2D eigenvalue weighted by Gasteiger charge is 2.46. The average Bonchev–Trinajstić information content (AvgIpc) is 3.30. The second-order valence-corrected chi connectivity index (χ2v) is 8.28. The first-order valence-electron chi connectivity index (χ1n) is 8.58. The van der Waals surface area contributed by atoms with Crippen LogP contribution >= 0.6 is 15.9 Å². The van der Waals surface area contributed by atoms with Crippen LogP contribution in [-0.2, 0) is 10.2 Å². The number of nitrogens with one attached hydrogen (secondary N) is 1. The fraction of sp³-hybridized carbons (Fsp3) is 0.526. The van der Waals surface area contributed by atoms with Crippen molar-refractivity contribution in [2.24, 2.45) is 5.92 Å². The molecule has 3 rings (SSSR count). The van der Waals surface area contributed by atoms with E-state index in [0.29, 0.717) is 6.54 Å². The number of carbonyl (C=O) groups is 2. The molecule has 0 bridgehead atoms. The minimum absolute atomic E-state index is 0.00421. The van der Waals surface area contributed by atoms with Crippen molar-refractivity contribution in [3.63, 3.8) is 0 Å². The lowest BCUT2D eigenvalue weighted by Gasteiger charge is -2.32. The highest BCUT2D eigenvalue weighted by Crippen LogP contribution is 2.50. The number of benzene rings is 1. The molecule has 0 atom stereocenters. The topological polar surface area (TPSA) is 73.2 Å². The first-order chi connectivity index (χ1) is 12.0. The molecule has 1 aromatic carbocycles. The monoisotopic (exact) mass is 403 g/mol.